The van der Waals surface area contributed by atoms with Crippen molar-refractivity contribution in [2.24, 2.45) is 23.7 Å². The minimum Gasteiger partial charge on any atom is -0.489 e. The highest BCUT2D eigenvalue weighted by atomic mass is 35.5. The van der Waals surface area contributed by atoms with Crippen LogP contribution in [0.2, 0.25) is 5.02 Å². The van der Waals surface area contributed by atoms with Crippen LogP contribution in [0.1, 0.15) is 67.6 Å². The summed E-state index contributed by atoms with van der Waals surface area (Å²) >= 11 is 6.31. The van der Waals surface area contributed by atoms with Crippen molar-refractivity contribution in [1.29, 1.82) is 0 Å². The van der Waals surface area contributed by atoms with Crippen molar-refractivity contribution in [3.63, 3.8) is 0 Å². The van der Waals surface area contributed by atoms with E-state index in [2.05, 4.69) is 25.5 Å². The molecule has 1 aromatic carbocycles. The minimum absolute atomic E-state index is 0.00810. The molecule has 0 radical (unpaired) electrons. The standard InChI is InChI=1S/C41H53ClFN5O6S/c1-25-26(2)55(50,51)45-39(49)35-10-11-36-38(44-35)48(22-40(24-54-36)12-4-5-31-33(40)8-9-34(42)37(31)43)19-27-6-7-32(27)41(52-3,29-17-28(25)18-29)23-46-13-14-47-15-16-53-21-30(47)20-46/h8-11,17,25-28,30,32H,4-7,12-16,18-24H2,1-3H3,(H,45,49)/t25-,26+,27+,28-,30-,32-,40-,41-/m0/s1. The first-order chi connectivity index (χ1) is 26.4. The number of fused-ring (bicyclic) bond motifs is 7. The number of nitrogens with zero attached hydrogens (tertiary/aromatic N) is 4. The lowest BCUT2D eigenvalue weighted by Crippen LogP contribution is -2.64. The fourth-order valence-electron chi connectivity index (χ4n) is 11.0. The van der Waals surface area contributed by atoms with Gasteiger partial charge in [-0.3, -0.25) is 14.6 Å². The number of ether oxygens (including phenoxy) is 3. The number of morpholine rings is 1. The van der Waals surface area contributed by atoms with Crippen LogP contribution in [-0.2, 0) is 31.3 Å². The zero-order chi connectivity index (χ0) is 38.3. The van der Waals surface area contributed by atoms with E-state index in [4.69, 9.17) is 30.8 Å². The van der Waals surface area contributed by atoms with Crippen LogP contribution in [0.4, 0.5) is 10.2 Å². The van der Waals surface area contributed by atoms with Crippen LogP contribution in [-0.4, -0.2) is 119 Å². The molecule has 1 saturated carbocycles. The number of methoxy groups -OCH3 is 1. The number of hydrogen-bond acceptors (Lipinski definition) is 10. The Hall–Kier alpha value is -2.81. The van der Waals surface area contributed by atoms with Crippen LogP contribution in [0.15, 0.2) is 35.9 Å². The summed E-state index contributed by atoms with van der Waals surface area (Å²) in [6.07, 6.45) is 7.19. The van der Waals surface area contributed by atoms with E-state index in [1.54, 1.807) is 19.1 Å². The van der Waals surface area contributed by atoms with Gasteiger partial charge in [0.2, 0.25) is 10.0 Å². The number of aromatic nitrogens is 1. The van der Waals surface area contributed by atoms with Crippen molar-refractivity contribution < 1.29 is 31.8 Å². The van der Waals surface area contributed by atoms with Crippen LogP contribution >= 0.6 is 11.6 Å². The predicted molar refractivity (Wildman–Crippen MR) is 208 cm³/mol. The monoisotopic (exact) mass is 797 g/mol. The van der Waals surface area contributed by atoms with Gasteiger partial charge in [-0.1, -0.05) is 30.7 Å². The van der Waals surface area contributed by atoms with Gasteiger partial charge in [-0.2, -0.15) is 0 Å². The second-order valence-electron chi connectivity index (χ2n) is 17.3. The van der Waals surface area contributed by atoms with Gasteiger partial charge in [0.25, 0.3) is 5.91 Å². The maximum Gasteiger partial charge on any atom is 0.283 e. The number of carbonyl (C=O) groups excluding carboxylic acids is 1. The molecule has 8 aliphatic rings. The largest absolute Gasteiger partial charge is 0.489 e. The van der Waals surface area contributed by atoms with Gasteiger partial charge in [-0.15, -0.1) is 0 Å². The summed E-state index contributed by atoms with van der Waals surface area (Å²) in [5.41, 5.74) is 1.68. The van der Waals surface area contributed by atoms with Gasteiger partial charge in [0.1, 0.15) is 17.1 Å². The number of sulfonamides is 1. The van der Waals surface area contributed by atoms with E-state index in [0.717, 1.165) is 83.6 Å². The number of amides is 1. The molecule has 3 fully saturated rings. The highest BCUT2D eigenvalue weighted by molar-refractivity contribution is 7.90. The third-order valence-corrected chi connectivity index (χ3v) is 16.8. The molecule has 5 aliphatic heterocycles. The molecule has 14 heteroatoms. The molecule has 2 saturated heterocycles. The zero-order valence-electron chi connectivity index (χ0n) is 32.1. The van der Waals surface area contributed by atoms with Crippen molar-refractivity contribution in [2.75, 3.05) is 77.6 Å². The Labute approximate surface area is 328 Å². The number of piperazine rings is 1. The number of benzene rings is 1. The van der Waals surface area contributed by atoms with E-state index in [0.29, 0.717) is 49.3 Å². The number of rotatable bonds is 3. The molecule has 4 bridgehead atoms. The summed E-state index contributed by atoms with van der Waals surface area (Å²) in [5, 5.41) is -0.700. The van der Waals surface area contributed by atoms with Crippen LogP contribution in [0, 0.1) is 29.5 Å². The highest BCUT2D eigenvalue weighted by Gasteiger charge is 2.55. The molecule has 1 aromatic heterocycles. The number of anilines is 1. The minimum atomic E-state index is -4.04. The van der Waals surface area contributed by atoms with E-state index < -0.39 is 32.2 Å². The maximum absolute atomic E-state index is 15.6. The number of halogens is 2. The molecular weight excluding hydrogens is 745 g/mol. The van der Waals surface area contributed by atoms with Crippen LogP contribution in [0.5, 0.6) is 5.75 Å². The Morgan fingerprint density at radius 1 is 1.13 bits per heavy atom. The molecular formula is C41H53ClFN5O6S. The molecule has 1 amide bonds. The molecule has 2 aromatic rings. The summed E-state index contributed by atoms with van der Waals surface area (Å²) in [5.74, 6) is 0.125. The Morgan fingerprint density at radius 2 is 1.96 bits per heavy atom. The lowest BCUT2D eigenvalue weighted by molar-refractivity contribution is -0.119. The van der Waals surface area contributed by atoms with E-state index in [1.165, 1.54) is 11.6 Å². The van der Waals surface area contributed by atoms with E-state index in [9.17, 15) is 13.2 Å². The molecule has 11 nitrogen and oxygen atoms in total. The Kier molecular flexibility index (Phi) is 9.77. The van der Waals surface area contributed by atoms with Gasteiger partial charge < -0.3 is 19.1 Å². The molecule has 0 unspecified atom stereocenters. The quantitative estimate of drug-likeness (QED) is 0.434. The number of hydrogen-bond donors (Lipinski definition) is 1. The predicted octanol–water partition coefficient (Wildman–Crippen LogP) is 4.82. The summed E-state index contributed by atoms with van der Waals surface area (Å²) in [7, 11) is -2.19. The fourth-order valence-corrected chi connectivity index (χ4v) is 12.4. The van der Waals surface area contributed by atoms with Crippen LogP contribution in [0.25, 0.3) is 0 Å². The van der Waals surface area contributed by atoms with Gasteiger partial charge in [0.05, 0.1) is 30.1 Å². The lowest BCUT2D eigenvalue weighted by atomic mass is 9.58. The van der Waals surface area contributed by atoms with Gasteiger partial charge in [0.15, 0.2) is 11.6 Å². The van der Waals surface area contributed by atoms with Gasteiger partial charge >= 0.3 is 0 Å². The first-order valence-corrected chi connectivity index (χ1v) is 22.1. The first-order valence-electron chi connectivity index (χ1n) is 20.1. The maximum atomic E-state index is 15.6. The molecule has 1 N–H and O–H groups in total. The summed E-state index contributed by atoms with van der Waals surface area (Å²) in [6.45, 7) is 11.2. The van der Waals surface area contributed by atoms with Gasteiger partial charge in [-0.25, -0.2) is 22.5 Å². The summed E-state index contributed by atoms with van der Waals surface area (Å²) < 4.78 is 64.8. The van der Waals surface area contributed by atoms with Crippen molar-refractivity contribution in [3.05, 3.63) is 63.6 Å². The number of pyridine rings is 1. The molecule has 3 aliphatic carbocycles. The molecule has 8 atom stereocenters. The average molecular weight is 798 g/mol. The van der Waals surface area contributed by atoms with Gasteiger partial charge in [-0.05, 0) is 104 Å². The van der Waals surface area contributed by atoms with Crippen molar-refractivity contribution >= 4 is 33.3 Å². The zero-order valence-corrected chi connectivity index (χ0v) is 33.6. The van der Waals surface area contributed by atoms with Crippen LogP contribution in [0.3, 0.4) is 0 Å². The van der Waals surface area contributed by atoms with Crippen molar-refractivity contribution in [2.45, 2.75) is 74.7 Å². The second-order valence-corrected chi connectivity index (χ2v) is 19.8. The number of allylic oxidation sites excluding steroid dienone is 1. The third-order valence-electron chi connectivity index (χ3n) is 14.6. The van der Waals surface area contributed by atoms with E-state index >= 15 is 4.39 Å². The molecule has 6 heterocycles. The number of carbonyl (C=O) groups is 1. The highest BCUT2D eigenvalue weighted by Crippen LogP contribution is 2.54. The Bertz CT molecular complexity index is 2000. The molecule has 298 valence electrons. The van der Waals surface area contributed by atoms with E-state index in [1.807, 2.05) is 20.1 Å². The smallest absolute Gasteiger partial charge is 0.283 e. The Morgan fingerprint density at radius 3 is 2.75 bits per heavy atom. The molecule has 1 spiro atoms. The Balaban J connectivity index is 1.13. The lowest BCUT2D eigenvalue weighted by Gasteiger charge is -2.56. The summed E-state index contributed by atoms with van der Waals surface area (Å²) in [4.78, 5) is 25.9. The topological polar surface area (TPSA) is 114 Å². The normalized spacial score (nSPS) is 36.1. The second kappa shape index (κ2) is 14.2. The van der Waals surface area contributed by atoms with Crippen LogP contribution < -0.4 is 14.4 Å². The van der Waals surface area contributed by atoms with Crippen molar-refractivity contribution in [1.82, 2.24) is 19.5 Å². The third kappa shape index (κ3) is 6.39. The van der Waals surface area contributed by atoms with Crippen molar-refractivity contribution in [3.8, 4) is 5.75 Å². The SMILES string of the molecule is CO[C@@]1(CN2CCN3CCOC[C@@H]3C2)C2=C[C@@H](C2)[C@@H](C)[C@@H](C)S(=O)(=O)NC(=O)c2ccc3c(n2)N(C[C@H]2CC[C@@H]21)C[C@@]1(CCCc2c1ccc(Cl)c2F)CO3. The molecule has 55 heavy (non-hydrogen) atoms. The number of nitrogens with one attached hydrogen (secondary N) is 1. The first kappa shape index (κ1) is 37.7. The van der Waals surface area contributed by atoms with E-state index in [-0.39, 0.29) is 40.2 Å². The summed E-state index contributed by atoms with van der Waals surface area (Å²) in [6, 6.07) is 7.21. The average Bonchev–Trinajstić information content (AvgIpc) is 3.29. The molecule has 10 rings (SSSR count). The fraction of sp³-hybridized carbons (Fsp3) is 0.659. The van der Waals surface area contributed by atoms with Gasteiger partial charge in [0, 0.05) is 64.4 Å².